The highest BCUT2D eigenvalue weighted by Gasteiger charge is 2.66. The van der Waals surface area contributed by atoms with E-state index >= 15 is 0 Å². The number of aliphatic hydroxyl groups is 1. The van der Waals surface area contributed by atoms with Crippen molar-refractivity contribution in [3.05, 3.63) is 145 Å². The Balaban J connectivity index is 1.18. The Bertz CT molecular complexity index is 2140. The molecular formula is C55H74O9Si. The molecule has 3 fully saturated rings. The number of hydrogen-bond donors (Lipinski definition) is 1. The molecule has 9 nitrogen and oxygen atoms in total. The normalized spacial score (nSPS) is 29.1. The number of ether oxygens (including phenoxy) is 6. The monoisotopic (exact) mass is 907 g/mol. The van der Waals surface area contributed by atoms with E-state index in [0.717, 1.165) is 22.1 Å². The molecular weight excluding hydrogens is 833 g/mol. The lowest BCUT2D eigenvalue weighted by Gasteiger charge is -2.62. The predicted molar refractivity (Wildman–Crippen MR) is 260 cm³/mol. The van der Waals surface area contributed by atoms with Crippen molar-refractivity contribution in [2.24, 2.45) is 0 Å². The second-order valence-electron chi connectivity index (χ2n) is 20.9. The molecule has 0 aromatic heterocycles. The van der Waals surface area contributed by atoms with E-state index in [1.165, 1.54) is 5.39 Å². The van der Waals surface area contributed by atoms with Crippen LogP contribution in [0.5, 0.6) is 0 Å². The number of fused-ring (bicyclic) bond motifs is 2. The van der Waals surface area contributed by atoms with Gasteiger partial charge < -0.3 is 42.4 Å². The van der Waals surface area contributed by atoms with Crippen LogP contribution in [0.3, 0.4) is 0 Å². The molecule has 3 heterocycles. The molecule has 3 aliphatic rings. The molecule has 352 valence electrons. The average Bonchev–Trinajstić information content (AvgIpc) is 3.27. The van der Waals surface area contributed by atoms with Gasteiger partial charge in [0.25, 0.3) is 0 Å². The van der Waals surface area contributed by atoms with Gasteiger partial charge in [-0.25, -0.2) is 0 Å². The first-order valence-electron chi connectivity index (χ1n) is 23.6. The first kappa shape index (κ1) is 49.4. The van der Waals surface area contributed by atoms with Crippen molar-refractivity contribution in [2.75, 3.05) is 13.2 Å². The van der Waals surface area contributed by atoms with Crippen molar-refractivity contribution in [3.63, 3.8) is 0 Å². The zero-order valence-electron chi connectivity index (χ0n) is 40.1. The summed E-state index contributed by atoms with van der Waals surface area (Å²) in [4.78, 5) is 0. The van der Waals surface area contributed by atoms with E-state index in [1.54, 1.807) is 6.08 Å². The SMILES string of the molecule is C=CC[C@]1(C)O[C@]2(C)CO[Si](C(C)(C)C)(C(C)(C)C)O[C@H]2C[C@H]1OC(C[C@H]1O[C@@H](COCc2ccccc2)[C@H](OCc2ccccc2)C[C@@H]1OCc1ccc2ccccc2c1)C(O)C=C. The first-order valence-corrected chi connectivity index (χ1v) is 25.4. The minimum atomic E-state index is -2.86. The number of aliphatic hydroxyl groups excluding tert-OH is 1. The molecule has 10 heteroatoms. The van der Waals surface area contributed by atoms with Gasteiger partial charge in [-0.1, -0.05) is 151 Å². The van der Waals surface area contributed by atoms with Crippen LogP contribution in [0.25, 0.3) is 10.8 Å². The van der Waals surface area contributed by atoms with Crippen LogP contribution in [0.15, 0.2) is 128 Å². The van der Waals surface area contributed by atoms with Gasteiger partial charge in [0.15, 0.2) is 0 Å². The second kappa shape index (κ2) is 20.8. The third-order valence-corrected chi connectivity index (χ3v) is 18.8. The summed E-state index contributed by atoms with van der Waals surface area (Å²) >= 11 is 0. The summed E-state index contributed by atoms with van der Waals surface area (Å²) in [7, 11) is -2.86. The van der Waals surface area contributed by atoms with E-state index in [1.807, 2.05) is 42.5 Å². The summed E-state index contributed by atoms with van der Waals surface area (Å²) in [6.07, 6.45) is 1.14. The Hall–Kier alpha value is -3.52. The van der Waals surface area contributed by atoms with Crippen molar-refractivity contribution in [2.45, 2.75) is 171 Å². The lowest BCUT2D eigenvalue weighted by atomic mass is 9.80. The lowest BCUT2D eigenvalue weighted by Crippen LogP contribution is -2.73. The van der Waals surface area contributed by atoms with Gasteiger partial charge in [-0.15, -0.1) is 13.2 Å². The molecule has 0 bridgehead atoms. The average molecular weight is 907 g/mol. The van der Waals surface area contributed by atoms with Crippen LogP contribution in [-0.4, -0.2) is 86.9 Å². The fourth-order valence-electron chi connectivity index (χ4n) is 10.4. The highest BCUT2D eigenvalue weighted by Crippen LogP contribution is 2.57. The molecule has 0 amide bonds. The quantitative estimate of drug-likeness (QED) is 0.0774. The standard InChI is InChI=1S/C55H74O9Si/c1-11-29-54(9)50(33-51-55(10,64-54)38-60-65(63-51,52(3,4)5)53(6,7)8)62-45(44(56)12-2)31-48-46(59-36-41-27-28-42-25-19-20-26-43(42)30-41)32-47(58-35-40-23-17-14-18-24-40)49(61-48)37-57-34-39-21-15-13-16-22-39/h11-28,30,44-51,56H,1-2,29,31-38H2,3-10H3/t44?,45?,46-,47+,48+,49-,50+,51-,54-,55+/m0/s1. The minimum absolute atomic E-state index is 0.212. The maximum atomic E-state index is 11.9. The maximum Gasteiger partial charge on any atom is 0.349 e. The van der Waals surface area contributed by atoms with Crippen molar-refractivity contribution in [1.82, 2.24) is 0 Å². The molecule has 65 heavy (non-hydrogen) atoms. The van der Waals surface area contributed by atoms with Gasteiger partial charge >= 0.3 is 8.56 Å². The molecule has 0 spiro atoms. The Morgan fingerprint density at radius 2 is 1.35 bits per heavy atom. The molecule has 7 rings (SSSR count). The molecule has 3 aliphatic heterocycles. The lowest BCUT2D eigenvalue weighted by molar-refractivity contribution is -0.302. The highest BCUT2D eigenvalue weighted by molar-refractivity contribution is 6.73. The molecule has 2 unspecified atom stereocenters. The predicted octanol–water partition coefficient (Wildman–Crippen LogP) is 11.3. The molecule has 0 aliphatic carbocycles. The zero-order valence-corrected chi connectivity index (χ0v) is 41.1. The van der Waals surface area contributed by atoms with Crippen LogP contribution >= 0.6 is 0 Å². The van der Waals surface area contributed by atoms with Gasteiger partial charge in [-0.3, -0.25) is 0 Å². The van der Waals surface area contributed by atoms with Gasteiger partial charge in [0.2, 0.25) is 0 Å². The molecule has 1 N–H and O–H groups in total. The summed E-state index contributed by atoms with van der Waals surface area (Å²) in [5.74, 6) is 0. The van der Waals surface area contributed by atoms with Crippen LogP contribution in [0.1, 0.15) is 97.8 Å². The first-order chi connectivity index (χ1) is 31.0. The minimum Gasteiger partial charge on any atom is -0.390 e. The fourth-order valence-corrected chi connectivity index (χ4v) is 15.5. The Kier molecular flexibility index (Phi) is 15.8. The van der Waals surface area contributed by atoms with Crippen molar-refractivity contribution < 1.29 is 42.4 Å². The summed E-state index contributed by atoms with van der Waals surface area (Å²) in [6, 6.07) is 35.1. The molecule has 0 radical (unpaired) electrons. The van der Waals surface area contributed by atoms with Gasteiger partial charge in [0.05, 0.1) is 81.4 Å². The third-order valence-electron chi connectivity index (χ3n) is 13.7. The summed E-state index contributed by atoms with van der Waals surface area (Å²) in [6.45, 7) is 27.6. The van der Waals surface area contributed by atoms with E-state index in [4.69, 9.17) is 37.3 Å². The van der Waals surface area contributed by atoms with Gasteiger partial charge in [-0.05, 0) is 53.8 Å². The van der Waals surface area contributed by atoms with Crippen molar-refractivity contribution >= 4 is 19.3 Å². The summed E-state index contributed by atoms with van der Waals surface area (Å²) in [5.41, 5.74) is 1.69. The van der Waals surface area contributed by atoms with E-state index in [-0.39, 0.29) is 22.3 Å². The molecule has 3 saturated heterocycles. The van der Waals surface area contributed by atoms with E-state index in [2.05, 4.69) is 135 Å². The smallest absolute Gasteiger partial charge is 0.349 e. The number of hydrogen-bond acceptors (Lipinski definition) is 9. The van der Waals surface area contributed by atoms with Crippen LogP contribution < -0.4 is 0 Å². The molecule has 10 atom stereocenters. The fraction of sp³-hybridized carbons (Fsp3) is 0.527. The van der Waals surface area contributed by atoms with Crippen LogP contribution in [0.2, 0.25) is 10.1 Å². The van der Waals surface area contributed by atoms with E-state index in [9.17, 15) is 5.11 Å². The largest absolute Gasteiger partial charge is 0.390 e. The highest BCUT2D eigenvalue weighted by atomic mass is 28.4. The van der Waals surface area contributed by atoms with Gasteiger partial charge in [0, 0.05) is 29.3 Å². The summed E-state index contributed by atoms with van der Waals surface area (Å²) < 4.78 is 55.8. The number of rotatable bonds is 18. The van der Waals surface area contributed by atoms with Crippen molar-refractivity contribution in [1.29, 1.82) is 0 Å². The van der Waals surface area contributed by atoms with Crippen molar-refractivity contribution in [3.8, 4) is 0 Å². The maximum absolute atomic E-state index is 11.9. The van der Waals surface area contributed by atoms with E-state index < -0.39 is 56.4 Å². The van der Waals surface area contributed by atoms with E-state index in [0.29, 0.717) is 58.7 Å². The number of benzene rings is 4. The third kappa shape index (κ3) is 11.4. The Morgan fingerprint density at radius 3 is 1.98 bits per heavy atom. The molecule has 4 aromatic carbocycles. The van der Waals surface area contributed by atoms with Crippen LogP contribution in [-0.2, 0) is 57.1 Å². The molecule has 4 aromatic rings. The second-order valence-corrected chi connectivity index (χ2v) is 25.7. The Labute approximate surface area is 389 Å². The molecule has 0 saturated carbocycles. The summed E-state index contributed by atoms with van der Waals surface area (Å²) in [5, 5.41) is 13.8. The van der Waals surface area contributed by atoms with Crippen LogP contribution in [0.4, 0.5) is 0 Å². The zero-order chi connectivity index (χ0) is 46.5. The Morgan fingerprint density at radius 1 is 0.754 bits per heavy atom. The van der Waals surface area contributed by atoms with Gasteiger partial charge in [0.1, 0.15) is 11.7 Å². The van der Waals surface area contributed by atoms with Gasteiger partial charge in [-0.2, -0.15) is 0 Å². The van der Waals surface area contributed by atoms with Crippen LogP contribution in [0, 0.1) is 0 Å². The topological polar surface area (TPSA) is 94.1 Å².